The van der Waals surface area contributed by atoms with Crippen LogP contribution in [-0.4, -0.2) is 43.2 Å². The van der Waals surface area contributed by atoms with Crippen molar-refractivity contribution in [2.45, 2.75) is 39.2 Å². The van der Waals surface area contributed by atoms with Crippen LogP contribution in [0.3, 0.4) is 0 Å². The molecular formula is C13H24N2O2. The Morgan fingerprint density at radius 2 is 2.12 bits per heavy atom. The van der Waals surface area contributed by atoms with E-state index in [0.717, 1.165) is 32.4 Å². The van der Waals surface area contributed by atoms with Gasteiger partial charge in [0.25, 0.3) is 0 Å². The van der Waals surface area contributed by atoms with Gasteiger partial charge in [0, 0.05) is 19.1 Å². The van der Waals surface area contributed by atoms with E-state index in [-0.39, 0.29) is 17.9 Å². The Morgan fingerprint density at radius 1 is 1.41 bits per heavy atom. The second kappa shape index (κ2) is 4.94. The fraction of sp³-hybridized carbons (Fsp3) is 0.923. The van der Waals surface area contributed by atoms with Crippen molar-refractivity contribution < 1.29 is 9.53 Å². The van der Waals surface area contributed by atoms with Gasteiger partial charge in [0.2, 0.25) is 5.91 Å². The third kappa shape index (κ3) is 2.33. The molecule has 2 rings (SSSR count). The van der Waals surface area contributed by atoms with E-state index < -0.39 is 0 Å². The van der Waals surface area contributed by atoms with Crippen molar-refractivity contribution in [2.75, 3.05) is 26.3 Å². The van der Waals surface area contributed by atoms with E-state index in [0.29, 0.717) is 18.6 Å². The van der Waals surface area contributed by atoms with Gasteiger partial charge in [-0.25, -0.2) is 0 Å². The van der Waals surface area contributed by atoms with Crippen LogP contribution in [0.4, 0.5) is 0 Å². The van der Waals surface area contributed by atoms with E-state index >= 15 is 0 Å². The number of hydrogen-bond acceptors (Lipinski definition) is 3. The third-order valence-corrected chi connectivity index (χ3v) is 4.69. The molecule has 2 N–H and O–H groups in total. The van der Waals surface area contributed by atoms with Gasteiger partial charge in [0.15, 0.2) is 0 Å². The molecule has 1 amide bonds. The summed E-state index contributed by atoms with van der Waals surface area (Å²) in [6.07, 6.45) is 3.44. The Kier molecular flexibility index (Phi) is 3.73. The van der Waals surface area contributed by atoms with Gasteiger partial charge in [0.05, 0.1) is 19.1 Å². The molecule has 2 atom stereocenters. The Morgan fingerprint density at radius 3 is 2.59 bits per heavy atom. The van der Waals surface area contributed by atoms with Crippen LogP contribution in [0.1, 0.15) is 33.1 Å². The SMILES string of the molecule is CCC1(CC)CCN(C(=O)C2COCC2N)C1. The second-order valence-electron chi connectivity index (χ2n) is 5.52. The number of carbonyl (C=O) groups is 1. The van der Waals surface area contributed by atoms with E-state index in [9.17, 15) is 4.79 Å². The lowest BCUT2D eigenvalue weighted by Crippen LogP contribution is -2.43. The molecule has 17 heavy (non-hydrogen) atoms. The summed E-state index contributed by atoms with van der Waals surface area (Å²) in [5.74, 6) is 0.0956. The largest absolute Gasteiger partial charge is 0.379 e. The zero-order valence-corrected chi connectivity index (χ0v) is 10.9. The number of carbonyl (C=O) groups excluding carboxylic acids is 1. The lowest BCUT2D eigenvalue weighted by atomic mass is 9.82. The molecule has 0 aromatic carbocycles. The molecule has 4 heteroatoms. The van der Waals surface area contributed by atoms with Crippen LogP contribution in [0.2, 0.25) is 0 Å². The maximum atomic E-state index is 12.3. The summed E-state index contributed by atoms with van der Waals surface area (Å²) in [6.45, 7) is 7.27. The molecule has 0 radical (unpaired) electrons. The molecule has 0 spiro atoms. The monoisotopic (exact) mass is 240 g/mol. The molecule has 2 aliphatic heterocycles. The molecule has 0 aromatic rings. The van der Waals surface area contributed by atoms with Gasteiger partial charge in [-0.3, -0.25) is 4.79 Å². The number of likely N-dealkylation sites (tertiary alicyclic amines) is 1. The van der Waals surface area contributed by atoms with Gasteiger partial charge in [-0.2, -0.15) is 0 Å². The number of nitrogens with two attached hydrogens (primary N) is 1. The molecule has 0 bridgehead atoms. The Labute approximate surface area is 103 Å². The number of amides is 1. The van der Waals surface area contributed by atoms with Crippen molar-refractivity contribution in [1.82, 2.24) is 4.90 Å². The van der Waals surface area contributed by atoms with E-state index in [2.05, 4.69) is 13.8 Å². The van der Waals surface area contributed by atoms with Crippen LogP contribution in [-0.2, 0) is 9.53 Å². The number of hydrogen-bond donors (Lipinski definition) is 1. The van der Waals surface area contributed by atoms with Crippen molar-refractivity contribution >= 4 is 5.91 Å². The smallest absolute Gasteiger partial charge is 0.229 e. The molecule has 2 heterocycles. The highest BCUT2D eigenvalue weighted by Crippen LogP contribution is 2.37. The van der Waals surface area contributed by atoms with Crippen molar-refractivity contribution in [3.63, 3.8) is 0 Å². The minimum atomic E-state index is -0.112. The number of rotatable bonds is 3. The maximum absolute atomic E-state index is 12.3. The standard InChI is InChI=1S/C13H24N2O2/c1-3-13(4-2)5-6-15(9-13)12(16)10-7-17-8-11(10)14/h10-11H,3-9,14H2,1-2H3. The van der Waals surface area contributed by atoms with Gasteiger partial charge < -0.3 is 15.4 Å². The number of ether oxygens (including phenoxy) is 1. The van der Waals surface area contributed by atoms with Crippen LogP contribution in [0.25, 0.3) is 0 Å². The van der Waals surface area contributed by atoms with Gasteiger partial charge in [-0.1, -0.05) is 13.8 Å². The van der Waals surface area contributed by atoms with Crippen LogP contribution >= 0.6 is 0 Å². The van der Waals surface area contributed by atoms with Crippen LogP contribution in [0.5, 0.6) is 0 Å². The fourth-order valence-electron chi connectivity index (χ4n) is 3.01. The Bertz CT molecular complexity index is 289. The minimum absolute atomic E-state index is 0.110. The van der Waals surface area contributed by atoms with E-state index in [1.165, 1.54) is 0 Å². The zero-order valence-electron chi connectivity index (χ0n) is 10.9. The first kappa shape index (κ1) is 12.8. The summed E-state index contributed by atoms with van der Waals surface area (Å²) in [5, 5.41) is 0. The van der Waals surface area contributed by atoms with Gasteiger partial charge in [0.1, 0.15) is 0 Å². The average Bonchev–Trinajstić information content (AvgIpc) is 2.95. The summed E-state index contributed by atoms with van der Waals surface area (Å²) in [5.41, 5.74) is 6.25. The highest BCUT2D eigenvalue weighted by molar-refractivity contribution is 5.80. The Balaban J connectivity index is 1.98. The summed E-state index contributed by atoms with van der Waals surface area (Å²) >= 11 is 0. The van der Waals surface area contributed by atoms with Crippen LogP contribution in [0.15, 0.2) is 0 Å². The highest BCUT2D eigenvalue weighted by atomic mass is 16.5. The first-order valence-electron chi connectivity index (χ1n) is 6.74. The zero-order chi connectivity index (χ0) is 12.5. The normalized spacial score (nSPS) is 32.1. The van der Waals surface area contributed by atoms with Crippen LogP contribution in [0, 0.1) is 11.3 Å². The lowest BCUT2D eigenvalue weighted by Gasteiger charge is -2.27. The molecule has 0 aromatic heterocycles. The predicted octanol–water partition coefficient (Wildman–Crippen LogP) is 0.999. The number of nitrogens with zero attached hydrogens (tertiary/aromatic N) is 1. The van der Waals surface area contributed by atoms with Gasteiger partial charge >= 0.3 is 0 Å². The van der Waals surface area contributed by atoms with Crippen molar-refractivity contribution in [2.24, 2.45) is 17.1 Å². The van der Waals surface area contributed by atoms with Crippen molar-refractivity contribution in [3.05, 3.63) is 0 Å². The third-order valence-electron chi connectivity index (χ3n) is 4.69. The molecule has 2 fully saturated rings. The first-order chi connectivity index (χ1) is 8.12. The molecule has 98 valence electrons. The summed E-state index contributed by atoms with van der Waals surface area (Å²) in [7, 11) is 0. The van der Waals surface area contributed by atoms with Gasteiger partial charge in [-0.15, -0.1) is 0 Å². The Hall–Kier alpha value is -0.610. The summed E-state index contributed by atoms with van der Waals surface area (Å²) in [6, 6.07) is -0.110. The van der Waals surface area contributed by atoms with Gasteiger partial charge in [-0.05, 0) is 24.7 Å². The fourth-order valence-corrected chi connectivity index (χ4v) is 3.01. The van der Waals surface area contributed by atoms with E-state index in [4.69, 9.17) is 10.5 Å². The maximum Gasteiger partial charge on any atom is 0.229 e. The predicted molar refractivity (Wildman–Crippen MR) is 66.5 cm³/mol. The molecule has 4 nitrogen and oxygen atoms in total. The molecular weight excluding hydrogens is 216 g/mol. The molecule has 2 aliphatic rings. The van der Waals surface area contributed by atoms with Crippen molar-refractivity contribution in [3.8, 4) is 0 Å². The molecule has 0 aliphatic carbocycles. The van der Waals surface area contributed by atoms with E-state index in [1.54, 1.807) is 0 Å². The second-order valence-corrected chi connectivity index (χ2v) is 5.52. The average molecular weight is 240 g/mol. The summed E-state index contributed by atoms with van der Waals surface area (Å²) < 4.78 is 5.28. The van der Waals surface area contributed by atoms with Crippen LogP contribution < -0.4 is 5.73 Å². The topological polar surface area (TPSA) is 55.6 Å². The van der Waals surface area contributed by atoms with E-state index in [1.807, 2.05) is 4.90 Å². The lowest BCUT2D eigenvalue weighted by molar-refractivity contribution is -0.135. The quantitative estimate of drug-likeness (QED) is 0.800. The molecule has 2 unspecified atom stereocenters. The highest BCUT2D eigenvalue weighted by Gasteiger charge is 2.41. The minimum Gasteiger partial charge on any atom is -0.379 e. The first-order valence-corrected chi connectivity index (χ1v) is 6.74. The molecule has 0 saturated carbocycles. The molecule has 2 saturated heterocycles. The summed E-state index contributed by atoms with van der Waals surface area (Å²) in [4.78, 5) is 14.3. The van der Waals surface area contributed by atoms with Crippen molar-refractivity contribution in [1.29, 1.82) is 0 Å².